The first-order chi connectivity index (χ1) is 7.25. The largest absolute Gasteiger partial charge is 0.338 e. The summed E-state index contributed by atoms with van der Waals surface area (Å²) < 4.78 is 4.92. The lowest BCUT2D eigenvalue weighted by Crippen LogP contribution is -1.96. The van der Waals surface area contributed by atoms with E-state index < -0.39 is 0 Å². The molecule has 76 valence electrons. The highest BCUT2D eigenvalue weighted by molar-refractivity contribution is 5.77. The normalized spacial score (nSPS) is 10.2. The van der Waals surface area contributed by atoms with Crippen LogP contribution in [0.5, 0.6) is 0 Å². The Balaban J connectivity index is 2.24. The Morgan fingerprint density at radius 2 is 2.40 bits per heavy atom. The molecule has 0 saturated heterocycles. The summed E-state index contributed by atoms with van der Waals surface area (Å²) in [6.07, 6.45) is 3.48. The van der Waals surface area contributed by atoms with Gasteiger partial charge in [0.15, 0.2) is 0 Å². The highest BCUT2D eigenvalue weighted by Gasteiger charge is 2.09. The van der Waals surface area contributed by atoms with Crippen LogP contribution < -0.4 is 0 Å². The Morgan fingerprint density at radius 1 is 1.53 bits per heavy atom. The van der Waals surface area contributed by atoms with Crippen LogP contribution in [-0.2, 0) is 11.2 Å². The Labute approximate surface area is 86.1 Å². The quantitative estimate of drug-likeness (QED) is 0.751. The number of aromatic nitrogens is 3. The lowest BCUT2D eigenvalue weighted by Gasteiger charge is -1.89. The number of ketones is 1. The lowest BCUT2D eigenvalue weighted by atomic mass is 10.3. The average Bonchev–Trinajstić information content (AvgIpc) is 2.67. The molecule has 0 fully saturated rings. The van der Waals surface area contributed by atoms with E-state index in [0.717, 1.165) is 5.56 Å². The minimum atomic E-state index is -0.00335. The second kappa shape index (κ2) is 4.00. The molecule has 0 aliphatic carbocycles. The topological polar surface area (TPSA) is 68.9 Å². The molecule has 15 heavy (non-hydrogen) atoms. The predicted molar refractivity (Wildman–Crippen MR) is 51.9 cm³/mol. The van der Waals surface area contributed by atoms with Gasteiger partial charge in [0.25, 0.3) is 0 Å². The van der Waals surface area contributed by atoms with Crippen LogP contribution in [0.1, 0.15) is 12.8 Å². The molecule has 0 saturated carbocycles. The third kappa shape index (κ3) is 2.25. The first-order valence-electron chi connectivity index (χ1n) is 4.48. The molecule has 5 heteroatoms. The fraction of sp³-hybridized carbons (Fsp3) is 0.200. The molecule has 0 bridgehead atoms. The van der Waals surface area contributed by atoms with Crippen LogP contribution in [0.3, 0.4) is 0 Å². The number of hydrogen-bond donors (Lipinski definition) is 0. The van der Waals surface area contributed by atoms with Gasteiger partial charge in [0.1, 0.15) is 5.78 Å². The second-order valence-corrected chi connectivity index (χ2v) is 3.13. The van der Waals surface area contributed by atoms with Crippen molar-refractivity contribution in [1.29, 1.82) is 0 Å². The van der Waals surface area contributed by atoms with E-state index in [4.69, 9.17) is 4.52 Å². The summed E-state index contributed by atoms with van der Waals surface area (Å²) in [5, 5.41) is 3.76. The van der Waals surface area contributed by atoms with Gasteiger partial charge in [-0.1, -0.05) is 5.16 Å². The van der Waals surface area contributed by atoms with Crippen molar-refractivity contribution in [2.75, 3.05) is 0 Å². The van der Waals surface area contributed by atoms with Gasteiger partial charge in [-0.3, -0.25) is 9.78 Å². The summed E-state index contributed by atoms with van der Waals surface area (Å²) in [4.78, 5) is 18.8. The van der Waals surface area contributed by atoms with E-state index in [-0.39, 0.29) is 12.2 Å². The molecule has 0 N–H and O–H groups in total. The van der Waals surface area contributed by atoms with E-state index in [9.17, 15) is 4.79 Å². The van der Waals surface area contributed by atoms with Gasteiger partial charge in [-0.2, -0.15) is 4.98 Å². The monoisotopic (exact) mass is 203 g/mol. The number of nitrogens with zero attached hydrogens (tertiary/aromatic N) is 3. The minimum Gasteiger partial charge on any atom is -0.338 e. The lowest BCUT2D eigenvalue weighted by molar-refractivity contribution is -0.116. The molecule has 5 nitrogen and oxygen atoms in total. The first-order valence-corrected chi connectivity index (χ1v) is 4.48. The maximum atomic E-state index is 10.8. The fourth-order valence-corrected chi connectivity index (χ4v) is 1.15. The average molecular weight is 203 g/mol. The predicted octanol–water partition coefficient (Wildman–Crippen LogP) is 1.26. The Hall–Kier alpha value is -2.04. The van der Waals surface area contributed by atoms with Gasteiger partial charge in [0.05, 0.1) is 6.42 Å². The SMILES string of the molecule is CC(=O)Cc1nc(-c2cccnc2)no1. The van der Waals surface area contributed by atoms with Crippen LogP contribution in [0.25, 0.3) is 11.4 Å². The molecule has 0 aliphatic heterocycles. The highest BCUT2D eigenvalue weighted by Crippen LogP contribution is 2.13. The summed E-state index contributed by atoms with van der Waals surface area (Å²) in [5.74, 6) is 0.789. The van der Waals surface area contributed by atoms with Crippen molar-refractivity contribution in [1.82, 2.24) is 15.1 Å². The van der Waals surface area contributed by atoms with Gasteiger partial charge in [0.2, 0.25) is 11.7 Å². The van der Waals surface area contributed by atoms with Crippen LogP contribution in [0.2, 0.25) is 0 Å². The molecule has 2 rings (SSSR count). The second-order valence-electron chi connectivity index (χ2n) is 3.13. The van der Waals surface area contributed by atoms with Crippen LogP contribution in [0.15, 0.2) is 29.0 Å². The molecule has 2 aromatic rings. The third-order valence-electron chi connectivity index (χ3n) is 1.79. The summed E-state index contributed by atoms with van der Waals surface area (Å²) in [5.41, 5.74) is 0.774. The van der Waals surface area contributed by atoms with Gasteiger partial charge in [0, 0.05) is 18.0 Å². The number of carbonyl (C=O) groups excluding carboxylic acids is 1. The van der Waals surface area contributed by atoms with Gasteiger partial charge < -0.3 is 4.52 Å². The maximum Gasteiger partial charge on any atom is 0.234 e. The molecule has 0 atom stereocenters. The molecule has 0 spiro atoms. The maximum absolute atomic E-state index is 10.8. The van der Waals surface area contributed by atoms with Crippen LogP contribution in [0.4, 0.5) is 0 Å². The Morgan fingerprint density at radius 3 is 3.07 bits per heavy atom. The van der Waals surface area contributed by atoms with Crippen molar-refractivity contribution in [3.8, 4) is 11.4 Å². The van der Waals surface area contributed by atoms with E-state index in [1.54, 1.807) is 18.5 Å². The summed E-state index contributed by atoms with van der Waals surface area (Å²) >= 11 is 0. The molecule has 2 aromatic heterocycles. The van der Waals surface area contributed by atoms with Gasteiger partial charge in [-0.05, 0) is 19.1 Å². The van der Waals surface area contributed by atoms with Gasteiger partial charge in [-0.15, -0.1) is 0 Å². The van der Waals surface area contributed by atoms with Crippen LogP contribution >= 0.6 is 0 Å². The van der Waals surface area contributed by atoms with Gasteiger partial charge in [-0.25, -0.2) is 0 Å². The zero-order valence-electron chi connectivity index (χ0n) is 8.17. The van der Waals surface area contributed by atoms with Crippen molar-refractivity contribution in [3.63, 3.8) is 0 Å². The zero-order chi connectivity index (χ0) is 10.7. The summed E-state index contributed by atoms with van der Waals surface area (Å²) in [6, 6.07) is 3.62. The molecule has 0 amide bonds. The van der Waals surface area contributed by atoms with E-state index in [2.05, 4.69) is 15.1 Å². The smallest absolute Gasteiger partial charge is 0.234 e. The summed E-state index contributed by atoms with van der Waals surface area (Å²) in [6.45, 7) is 1.48. The van der Waals surface area contributed by atoms with Crippen molar-refractivity contribution in [2.24, 2.45) is 0 Å². The molecular weight excluding hydrogens is 194 g/mol. The first kappa shape index (κ1) is 9.51. The number of carbonyl (C=O) groups is 1. The van der Waals surface area contributed by atoms with E-state index in [1.165, 1.54) is 6.92 Å². The van der Waals surface area contributed by atoms with Crippen LogP contribution in [0, 0.1) is 0 Å². The Bertz CT molecular complexity index is 465. The highest BCUT2D eigenvalue weighted by atomic mass is 16.5. The molecular formula is C10H9N3O2. The Kier molecular flexibility index (Phi) is 2.53. The number of pyridine rings is 1. The third-order valence-corrected chi connectivity index (χ3v) is 1.79. The minimum absolute atomic E-state index is 0.00335. The number of rotatable bonds is 3. The molecule has 0 aromatic carbocycles. The zero-order valence-corrected chi connectivity index (χ0v) is 8.17. The van der Waals surface area contributed by atoms with Crippen molar-refractivity contribution >= 4 is 5.78 Å². The summed E-state index contributed by atoms with van der Waals surface area (Å²) in [7, 11) is 0. The van der Waals surface area contributed by atoms with E-state index in [1.807, 2.05) is 6.07 Å². The van der Waals surface area contributed by atoms with Crippen molar-refractivity contribution in [2.45, 2.75) is 13.3 Å². The number of hydrogen-bond acceptors (Lipinski definition) is 5. The van der Waals surface area contributed by atoms with E-state index >= 15 is 0 Å². The molecule has 2 heterocycles. The standard InChI is InChI=1S/C10H9N3O2/c1-7(14)5-9-12-10(13-15-9)8-3-2-4-11-6-8/h2-4,6H,5H2,1H3. The van der Waals surface area contributed by atoms with Gasteiger partial charge >= 0.3 is 0 Å². The molecule has 0 unspecified atom stereocenters. The van der Waals surface area contributed by atoms with E-state index in [0.29, 0.717) is 11.7 Å². The van der Waals surface area contributed by atoms with Crippen molar-refractivity contribution in [3.05, 3.63) is 30.4 Å². The van der Waals surface area contributed by atoms with Crippen LogP contribution in [-0.4, -0.2) is 20.9 Å². The fourth-order valence-electron chi connectivity index (χ4n) is 1.15. The van der Waals surface area contributed by atoms with Crippen molar-refractivity contribution < 1.29 is 9.32 Å². The molecule has 0 radical (unpaired) electrons. The molecule has 0 aliphatic rings. The number of Topliss-reactive ketones (excluding diaryl/α,β-unsaturated/α-hetero) is 1.